The van der Waals surface area contributed by atoms with Crippen molar-refractivity contribution in [2.45, 2.75) is 0 Å². The Morgan fingerprint density at radius 1 is 1.56 bits per heavy atom. The van der Waals surface area contributed by atoms with E-state index in [0.717, 1.165) is 9.26 Å². The van der Waals surface area contributed by atoms with Gasteiger partial charge in [0, 0.05) is 32.7 Å². The van der Waals surface area contributed by atoms with Crippen molar-refractivity contribution in [1.29, 1.82) is 0 Å². The molecule has 0 saturated carbocycles. The van der Waals surface area contributed by atoms with Gasteiger partial charge in [-0.1, -0.05) is 31.8 Å². The first-order valence-corrected chi connectivity index (χ1v) is 3.29. The normalized spacial score (nSPS) is 8.11. The zero-order valence-corrected chi connectivity index (χ0v) is 9.76. The molecule has 0 saturated heterocycles. The summed E-state index contributed by atoms with van der Waals surface area (Å²) >= 11 is 2.18. The second-order valence-corrected chi connectivity index (χ2v) is 2.61. The van der Waals surface area contributed by atoms with Gasteiger partial charge in [-0.3, -0.25) is 0 Å². The minimum absolute atomic E-state index is 0. The molecule has 0 aliphatic heterocycles. The van der Waals surface area contributed by atoms with Gasteiger partial charge in [-0.2, -0.15) is 24.3 Å². The van der Waals surface area contributed by atoms with Crippen molar-refractivity contribution in [3.8, 4) is 0 Å². The molecule has 2 N–H and O–H groups in total. The third-order valence-electron chi connectivity index (χ3n) is 0.840. The van der Waals surface area contributed by atoms with Gasteiger partial charge < -0.3 is 5.73 Å². The third-order valence-corrected chi connectivity index (χ3v) is 1.82. The van der Waals surface area contributed by atoms with Crippen molar-refractivity contribution < 1.29 is 32.7 Å². The molecule has 0 atom stereocenters. The summed E-state index contributed by atoms with van der Waals surface area (Å²) < 4.78 is 1.08. The predicted octanol–water partition coefficient (Wildman–Crippen LogP) is 1.67. The van der Waals surface area contributed by atoms with Gasteiger partial charge in [-0.25, -0.2) is 0 Å². The Balaban J connectivity index is 0.000000640. The summed E-state index contributed by atoms with van der Waals surface area (Å²) in [5.41, 5.74) is 6.28. The number of nitrogens with two attached hydrogens (primary N) is 1. The summed E-state index contributed by atoms with van der Waals surface area (Å²) in [4.78, 5) is 0. The second kappa shape index (κ2) is 4.64. The molecule has 1 aromatic rings. The molecule has 0 aliphatic carbocycles. The quantitative estimate of drug-likeness (QED) is 0.440. The SMILES string of the molecule is Nc1c[c-]ccc1I.[Y]. The molecule has 3 heteroatoms. The van der Waals surface area contributed by atoms with Crippen molar-refractivity contribution in [2.75, 3.05) is 5.73 Å². The Morgan fingerprint density at radius 2 is 2.22 bits per heavy atom. The predicted molar refractivity (Wildman–Crippen MR) is 42.4 cm³/mol. The minimum atomic E-state index is 0. The number of anilines is 1. The first kappa shape index (κ1) is 9.85. The van der Waals surface area contributed by atoms with Gasteiger partial charge in [0.25, 0.3) is 0 Å². The van der Waals surface area contributed by atoms with Crippen LogP contribution in [0, 0.1) is 9.64 Å². The molecule has 0 amide bonds. The van der Waals surface area contributed by atoms with Gasteiger partial charge in [0.1, 0.15) is 0 Å². The maximum Gasteiger partial charge on any atom is 0 e. The smallest absolute Gasteiger partial charge is 0 e. The molecule has 1 nitrogen and oxygen atoms in total. The molecule has 0 aliphatic rings. The molecule has 0 unspecified atom stereocenters. The van der Waals surface area contributed by atoms with Crippen LogP contribution in [0.2, 0.25) is 0 Å². The first-order valence-electron chi connectivity index (χ1n) is 2.22. The number of nitrogen functional groups attached to an aromatic ring is 1. The van der Waals surface area contributed by atoms with Gasteiger partial charge >= 0.3 is 0 Å². The summed E-state index contributed by atoms with van der Waals surface area (Å²) in [6.07, 6.45) is 0. The van der Waals surface area contributed by atoms with E-state index in [-0.39, 0.29) is 32.7 Å². The number of halogens is 1. The van der Waals surface area contributed by atoms with Gasteiger partial charge in [0.15, 0.2) is 0 Å². The molecule has 0 fully saturated rings. The van der Waals surface area contributed by atoms with Crippen LogP contribution in [0.3, 0.4) is 0 Å². The van der Waals surface area contributed by atoms with Crippen LogP contribution in [-0.4, -0.2) is 0 Å². The van der Waals surface area contributed by atoms with Crippen LogP contribution in [0.25, 0.3) is 0 Å². The van der Waals surface area contributed by atoms with E-state index in [0.29, 0.717) is 0 Å². The Hall–Kier alpha value is 0.854. The van der Waals surface area contributed by atoms with E-state index >= 15 is 0 Å². The zero-order chi connectivity index (χ0) is 5.98. The Kier molecular flexibility index (Phi) is 5.08. The molecule has 1 rings (SSSR count). The molecule has 0 spiro atoms. The summed E-state index contributed by atoms with van der Waals surface area (Å²) in [6, 6.07) is 8.41. The van der Waals surface area contributed by atoms with E-state index < -0.39 is 0 Å². The first-order chi connectivity index (χ1) is 3.80. The van der Waals surface area contributed by atoms with Crippen LogP contribution in [0.15, 0.2) is 18.2 Å². The fraction of sp³-hybridized carbons (Fsp3) is 0. The fourth-order valence-corrected chi connectivity index (χ4v) is 0.760. The van der Waals surface area contributed by atoms with Crippen LogP contribution in [0.5, 0.6) is 0 Å². The molecular weight excluding hydrogens is 302 g/mol. The number of hydrogen-bond donors (Lipinski definition) is 1. The van der Waals surface area contributed by atoms with E-state index in [1.165, 1.54) is 0 Å². The maximum absolute atomic E-state index is 5.48. The summed E-state index contributed by atoms with van der Waals surface area (Å²) in [5, 5.41) is 0. The van der Waals surface area contributed by atoms with Gasteiger partial charge in [0.05, 0.1) is 0 Å². The van der Waals surface area contributed by atoms with E-state index in [1.807, 2.05) is 12.1 Å². The second-order valence-electron chi connectivity index (χ2n) is 1.45. The number of benzene rings is 1. The molecule has 0 bridgehead atoms. The molecular formula is C6H5INY-. The summed E-state index contributed by atoms with van der Waals surface area (Å²) in [6.45, 7) is 0. The monoisotopic (exact) mass is 307 g/mol. The minimum Gasteiger partial charge on any atom is -0.449 e. The van der Waals surface area contributed by atoms with Crippen LogP contribution in [0.1, 0.15) is 0 Å². The summed E-state index contributed by atoms with van der Waals surface area (Å²) in [7, 11) is 0. The average Bonchev–Trinajstić information content (AvgIpc) is 1.77. The fourth-order valence-electron chi connectivity index (χ4n) is 0.424. The molecule has 0 aromatic heterocycles. The van der Waals surface area contributed by atoms with Gasteiger partial charge in [-0.05, 0) is 0 Å². The zero-order valence-electron chi connectivity index (χ0n) is 4.76. The van der Waals surface area contributed by atoms with E-state index in [1.54, 1.807) is 6.07 Å². The van der Waals surface area contributed by atoms with E-state index in [9.17, 15) is 0 Å². The topological polar surface area (TPSA) is 26.0 Å². The van der Waals surface area contributed by atoms with Crippen molar-refractivity contribution in [2.24, 2.45) is 0 Å². The van der Waals surface area contributed by atoms with Crippen molar-refractivity contribution in [3.63, 3.8) is 0 Å². The van der Waals surface area contributed by atoms with Crippen LogP contribution < -0.4 is 5.73 Å². The third kappa shape index (κ3) is 2.96. The molecule has 0 heterocycles. The maximum atomic E-state index is 5.48. The van der Waals surface area contributed by atoms with Crippen LogP contribution >= 0.6 is 22.6 Å². The molecule has 1 aromatic carbocycles. The average molecular weight is 307 g/mol. The Morgan fingerprint density at radius 3 is 2.56 bits per heavy atom. The van der Waals surface area contributed by atoms with Crippen LogP contribution in [0.4, 0.5) is 5.69 Å². The van der Waals surface area contributed by atoms with Crippen molar-refractivity contribution in [3.05, 3.63) is 27.8 Å². The Labute approximate surface area is 93.4 Å². The van der Waals surface area contributed by atoms with Gasteiger partial charge in [0.2, 0.25) is 0 Å². The summed E-state index contributed by atoms with van der Waals surface area (Å²) in [5.74, 6) is 0. The van der Waals surface area contributed by atoms with Crippen LogP contribution in [-0.2, 0) is 32.7 Å². The standard InChI is InChI=1S/C6H5IN.Y/c7-5-3-1-2-4-6(5)8;/h1,3-4H,8H2;/q-1;. The van der Waals surface area contributed by atoms with Crippen molar-refractivity contribution >= 4 is 28.3 Å². The molecule has 1 radical (unpaired) electrons. The Bertz CT molecular complexity index is 169. The molecule has 9 heavy (non-hydrogen) atoms. The number of rotatable bonds is 0. The molecule has 45 valence electrons. The van der Waals surface area contributed by atoms with E-state index in [2.05, 4.69) is 28.7 Å². The largest absolute Gasteiger partial charge is 0.449 e. The number of hydrogen-bond acceptors (Lipinski definition) is 1. The van der Waals surface area contributed by atoms with Gasteiger partial charge in [-0.15, -0.1) is 0 Å². The van der Waals surface area contributed by atoms with E-state index in [4.69, 9.17) is 5.73 Å². The van der Waals surface area contributed by atoms with Crippen molar-refractivity contribution in [1.82, 2.24) is 0 Å².